The number of hydrogen-bond donors (Lipinski definition) is 1. The summed E-state index contributed by atoms with van der Waals surface area (Å²) in [5.74, 6) is 0.885. The van der Waals surface area contributed by atoms with E-state index >= 15 is 0 Å². The molecule has 0 amide bonds. The minimum absolute atomic E-state index is 0.639. The van der Waals surface area contributed by atoms with E-state index in [-0.39, 0.29) is 0 Å². The van der Waals surface area contributed by atoms with Gasteiger partial charge in [-0.15, -0.1) is 11.3 Å². The number of rotatable bonds is 3. The molecule has 2 nitrogen and oxygen atoms in total. The van der Waals surface area contributed by atoms with Crippen molar-refractivity contribution in [2.45, 2.75) is 13.3 Å². The predicted molar refractivity (Wildman–Crippen MR) is 70.9 cm³/mol. The fourth-order valence-electron chi connectivity index (χ4n) is 1.92. The maximum absolute atomic E-state index is 6.25. The van der Waals surface area contributed by atoms with Crippen LogP contribution in [0.3, 0.4) is 0 Å². The van der Waals surface area contributed by atoms with Gasteiger partial charge in [0, 0.05) is 15.3 Å². The third-order valence-electron chi connectivity index (χ3n) is 2.67. The zero-order valence-electron chi connectivity index (χ0n) is 9.34. The lowest BCUT2D eigenvalue weighted by Crippen LogP contribution is -2.03. The molecule has 1 aromatic heterocycles. The number of ether oxygens (including phenoxy) is 1. The summed E-state index contributed by atoms with van der Waals surface area (Å²) in [6.45, 7) is 2.74. The molecule has 0 aliphatic heterocycles. The van der Waals surface area contributed by atoms with E-state index in [4.69, 9.17) is 22.1 Å². The third-order valence-corrected chi connectivity index (χ3v) is 4.14. The molecular weight excluding hydrogens is 242 g/mol. The van der Waals surface area contributed by atoms with Crippen molar-refractivity contribution in [3.63, 3.8) is 0 Å². The van der Waals surface area contributed by atoms with Crippen molar-refractivity contribution >= 4 is 33.0 Å². The first-order chi connectivity index (χ1) is 7.69. The monoisotopic (exact) mass is 255 g/mol. The second-order valence-corrected chi connectivity index (χ2v) is 5.26. The van der Waals surface area contributed by atoms with Crippen molar-refractivity contribution in [2.75, 3.05) is 13.7 Å². The largest absolute Gasteiger partial charge is 0.495 e. The van der Waals surface area contributed by atoms with E-state index < -0.39 is 0 Å². The van der Waals surface area contributed by atoms with Gasteiger partial charge in [0.1, 0.15) is 5.75 Å². The second kappa shape index (κ2) is 4.62. The molecule has 0 aliphatic carbocycles. The van der Waals surface area contributed by atoms with Crippen LogP contribution in [0.25, 0.3) is 10.1 Å². The Morgan fingerprint density at radius 3 is 2.81 bits per heavy atom. The Kier molecular flexibility index (Phi) is 3.38. The van der Waals surface area contributed by atoms with E-state index in [1.807, 2.05) is 12.1 Å². The second-order valence-electron chi connectivity index (χ2n) is 3.63. The molecule has 0 saturated carbocycles. The van der Waals surface area contributed by atoms with Crippen LogP contribution in [0.5, 0.6) is 5.75 Å². The van der Waals surface area contributed by atoms with E-state index in [0.717, 1.165) is 27.3 Å². The van der Waals surface area contributed by atoms with Gasteiger partial charge in [0.05, 0.1) is 11.8 Å². The van der Waals surface area contributed by atoms with Crippen molar-refractivity contribution in [2.24, 2.45) is 5.73 Å². The maximum atomic E-state index is 6.25. The van der Waals surface area contributed by atoms with Crippen LogP contribution < -0.4 is 10.5 Å². The maximum Gasteiger partial charge on any atom is 0.136 e. The molecule has 1 aromatic carbocycles. The third kappa shape index (κ3) is 1.79. The first-order valence-corrected chi connectivity index (χ1v) is 6.33. The van der Waals surface area contributed by atoms with Crippen molar-refractivity contribution in [3.8, 4) is 5.75 Å². The molecule has 1 heterocycles. The van der Waals surface area contributed by atoms with Crippen LogP contribution in [0.2, 0.25) is 5.02 Å². The van der Waals surface area contributed by atoms with Crippen LogP contribution in [0, 0.1) is 6.92 Å². The molecular formula is C12H14ClNOS. The highest BCUT2D eigenvalue weighted by Gasteiger charge is 2.14. The van der Waals surface area contributed by atoms with Gasteiger partial charge < -0.3 is 10.5 Å². The van der Waals surface area contributed by atoms with E-state index in [9.17, 15) is 0 Å². The van der Waals surface area contributed by atoms with Crippen LogP contribution in [-0.4, -0.2) is 13.7 Å². The Morgan fingerprint density at radius 1 is 1.44 bits per heavy atom. The summed E-state index contributed by atoms with van der Waals surface area (Å²) in [5, 5.41) is 1.89. The van der Waals surface area contributed by atoms with Gasteiger partial charge in [0.25, 0.3) is 0 Å². The normalized spacial score (nSPS) is 11.0. The zero-order chi connectivity index (χ0) is 11.7. The Balaban J connectivity index is 2.76. The molecule has 0 saturated heterocycles. The van der Waals surface area contributed by atoms with Crippen molar-refractivity contribution in [1.29, 1.82) is 0 Å². The minimum atomic E-state index is 0.639. The zero-order valence-corrected chi connectivity index (χ0v) is 10.9. The summed E-state index contributed by atoms with van der Waals surface area (Å²) in [7, 11) is 1.68. The molecule has 2 N–H and O–H groups in total. The number of fused-ring (bicyclic) bond motifs is 1. The molecule has 0 unspecified atom stereocenters. The molecule has 2 aromatic rings. The molecule has 0 spiro atoms. The van der Waals surface area contributed by atoms with Crippen LogP contribution in [0.1, 0.15) is 10.4 Å². The van der Waals surface area contributed by atoms with Crippen LogP contribution in [0.15, 0.2) is 12.1 Å². The molecule has 0 radical (unpaired) electrons. The fourth-order valence-corrected chi connectivity index (χ4v) is 3.47. The number of methoxy groups -OCH3 is 1. The predicted octanol–water partition coefficient (Wildman–Crippen LogP) is 3.37. The summed E-state index contributed by atoms with van der Waals surface area (Å²) in [5.41, 5.74) is 6.89. The van der Waals surface area contributed by atoms with Gasteiger partial charge in [-0.25, -0.2) is 0 Å². The van der Waals surface area contributed by atoms with Gasteiger partial charge in [-0.1, -0.05) is 11.6 Å². The molecule has 86 valence electrons. The van der Waals surface area contributed by atoms with E-state index in [2.05, 4.69) is 6.92 Å². The summed E-state index contributed by atoms with van der Waals surface area (Å²) >= 11 is 7.97. The molecule has 2 rings (SSSR count). The quantitative estimate of drug-likeness (QED) is 0.913. The Bertz CT molecular complexity index is 521. The smallest absolute Gasteiger partial charge is 0.136 e. The molecule has 0 atom stereocenters. The molecule has 16 heavy (non-hydrogen) atoms. The standard InChI is InChI=1S/C12H14ClNOS/c1-7-8(5-6-14)11-9(13)3-4-10(15-2)12(11)16-7/h3-4H,5-6,14H2,1-2H3. The fraction of sp³-hybridized carbons (Fsp3) is 0.333. The van der Waals surface area contributed by atoms with Gasteiger partial charge in [0.2, 0.25) is 0 Å². The van der Waals surface area contributed by atoms with E-state index in [1.165, 1.54) is 10.4 Å². The summed E-state index contributed by atoms with van der Waals surface area (Å²) in [4.78, 5) is 1.27. The summed E-state index contributed by atoms with van der Waals surface area (Å²) in [6.07, 6.45) is 0.860. The Morgan fingerprint density at radius 2 is 2.19 bits per heavy atom. The molecule has 0 aliphatic rings. The topological polar surface area (TPSA) is 35.2 Å². The van der Waals surface area contributed by atoms with Gasteiger partial charge in [0.15, 0.2) is 0 Å². The SMILES string of the molecule is COc1ccc(Cl)c2c(CCN)c(C)sc12. The minimum Gasteiger partial charge on any atom is -0.495 e. The first kappa shape index (κ1) is 11.7. The van der Waals surface area contributed by atoms with Gasteiger partial charge in [-0.3, -0.25) is 0 Å². The van der Waals surface area contributed by atoms with Crippen molar-refractivity contribution in [3.05, 3.63) is 27.6 Å². The molecule has 0 fully saturated rings. The molecule has 0 bridgehead atoms. The first-order valence-electron chi connectivity index (χ1n) is 5.13. The Hall–Kier alpha value is -0.770. The average molecular weight is 256 g/mol. The van der Waals surface area contributed by atoms with Crippen molar-refractivity contribution in [1.82, 2.24) is 0 Å². The van der Waals surface area contributed by atoms with Gasteiger partial charge in [-0.05, 0) is 37.6 Å². The highest BCUT2D eigenvalue weighted by atomic mass is 35.5. The van der Waals surface area contributed by atoms with Crippen LogP contribution in [0.4, 0.5) is 0 Å². The number of aryl methyl sites for hydroxylation is 1. The summed E-state index contributed by atoms with van der Waals surface area (Å²) < 4.78 is 6.47. The average Bonchev–Trinajstić information content (AvgIpc) is 2.58. The Labute approximate surface area is 104 Å². The lowest BCUT2D eigenvalue weighted by atomic mass is 10.1. The van der Waals surface area contributed by atoms with Gasteiger partial charge in [-0.2, -0.15) is 0 Å². The number of halogens is 1. The lowest BCUT2D eigenvalue weighted by Gasteiger charge is -2.04. The number of benzene rings is 1. The highest BCUT2D eigenvalue weighted by Crippen LogP contribution is 2.41. The van der Waals surface area contributed by atoms with E-state index in [1.54, 1.807) is 18.4 Å². The van der Waals surface area contributed by atoms with Crippen LogP contribution >= 0.6 is 22.9 Å². The van der Waals surface area contributed by atoms with Crippen molar-refractivity contribution < 1.29 is 4.74 Å². The number of thiophene rings is 1. The van der Waals surface area contributed by atoms with Crippen LogP contribution in [-0.2, 0) is 6.42 Å². The van der Waals surface area contributed by atoms with E-state index in [0.29, 0.717) is 6.54 Å². The lowest BCUT2D eigenvalue weighted by molar-refractivity contribution is 0.420. The highest BCUT2D eigenvalue weighted by molar-refractivity contribution is 7.19. The number of nitrogens with two attached hydrogens (primary N) is 1. The number of hydrogen-bond acceptors (Lipinski definition) is 3. The summed E-state index contributed by atoms with van der Waals surface area (Å²) in [6, 6.07) is 3.79. The molecule has 4 heteroatoms. The van der Waals surface area contributed by atoms with Gasteiger partial charge >= 0.3 is 0 Å².